The quantitative estimate of drug-likeness (QED) is 0.754. The Kier molecular flexibility index (Phi) is 4.19. The number of rotatable bonds is 3. The van der Waals surface area contributed by atoms with Crippen molar-refractivity contribution in [1.82, 2.24) is 5.32 Å². The maximum absolute atomic E-state index is 5.97. The van der Waals surface area contributed by atoms with Gasteiger partial charge in [-0.2, -0.15) is 0 Å². The first kappa shape index (κ1) is 13.0. The molecule has 2 heteroatoms. The topological polar surface area (TPSA) is 38.0 Å². The first-order chi connectivity index (χ1) is 6.87. The Hall–Kier alpha value is -0.0800. The fourth-order valence-corrected chi connectivity index (χ4v) is 2.28. The third-order valence-electron chi connectivity index (χ3n) is 3.76. The van der Waals surface area contributed by atoms with E-state index in [1.165, 1.54) is 25.7 Å². The predicted molar refractivity (Wildman–Crippen MR) is 66.9 cm³/mol. The summed E-state index contributed by atoms with van der Waals surface area (Å²) < 4.78 is 0. The molecule has 0 bridgehead atoms. The van der Waals surface area contributed by atoms with E-state index in [9.17, 15) is 0 Å². The molecular formula is C13H28N2. The van der Waals surface area contributed by atoms with Crippen LogP contribution in [0.1, 0.15) is 53.4 Å². The lowest BCUT2D eigenvalue weighted by molar-refractivity contribution is 0.147. The van der Waals surface area contributed by atoms with Gasteiger partial charge >= 0.3 is 0 Å². The van der Waals surface area contributed by atoms with E-state index in [0.717, 1.165) is 19.0 Å². The molecule has 0 aromatic heterocycles. The predicted octanol–water partition coefficient (Wildman–Crippen LogP) is 2.53. The molecule has 1 rings (SSSR count). The molecule has 0 spiro atoms. The minimum Gasteiger partial charge on any atom is -0.330 e. The Morgan fingerprint density at radius 3 is 2.20 bits per heavy atom. The first-order valence-electron chi connectivity index (χ1n) is 6.32. The van der Waals surface area contributed by atoms with Gasteiger partial charge in [0.15, 0.2) is 0 Å². The molecule has 0 aromatic carbocycles. The van der Waals surface area contributed by atoms with Crippen molar-refractivity contribution in [2.45, 2.75) is 58.9 Å². The van der Waals surface area contributed by atoms with Gasteiger partial charge in [-0.05, 0) is 51.5 Å². The number of nitrogens with two attached hydrogens (primary N) is 1. The summed E-state index contributed by atoms with van der Waals surface area (Å²) in [5, 5.41) is 3.62. The van der Waals surface area contributed by atoms with E-state index in [-0.39, 0.29) is 5.54 Å². The van der Waals surface area contributed by atoms with Crippen LogP contribution in [0.4, 0.5) is 0 Å². The second kappa shape index (κ2) is 4.84. The van der Waals surface area contributed by atoms with E-state index >= 15 is 0 Å². The molecule has 0 radical (unpaired) electrons. The van der Waals surface area contributed by atoms with E-state index < -0.39 is 0 Å². The number of hydrogen-bond acceptors (Lipinski definition) is 2. The van der Waals surface area contributed by atoms with Crippen molar-refractivity contribution in [3.8, 4) is 0 Å². The highest BCUT2D eigenvalue weighted by Crippen LogP contribution is 2.37. The molecule has 0 saturated heterocycles. The SMILES string of the molecule is CC1CCC(CN)(CNC(C)(C)C)CC1. The summed E-state index contributed by atoms with van der Waals surface area (Å²) in [5.41, 5.74) is 6.56. The Morgan fingerprint density at radius 1 is 1.27 bits per heavy atom. The van der Waals surface area contributed by atoms with Crippen molar-refractivity contribution in [2.75, 3.05) is 13.1 Å². The van der Waals surface area contributed by atoms with Crippen molar-refractivity contribution < 1.29 is 0 Å². The lowest BCUT2D eigenvalue weighted by atomic mass is 9.70. The van der Waals surface area contributed by atoms with Gasteiger partial charge in [0.25, 0.3) is 0 Å². The maximum atomic E-state index is 5.97. The van der Waals surface area contributed by atoms with Crippen LogP contribution < -0.4 is 11.1 Å². The number of nitrogens with one attached hydrogen (secondary N) is 1. The Balaban J connectivity index is 2.47. The molecule has 0 unspecified atom stereocenters. The van der Waals surface area contributed by atoms with E-state index in [0.29, 0.717) is 5.41 Å². The highest BCUT2D eigenvalue weighted by atomic mass is 15.0. The summed E-state index contributed by atoms with van der Waals surface area (Å²) in [4.78, 5) is 0. The monoisotopic (exact) mass is 212 g/mol. The van der Waals surface area contributed by atoms with Crippen LogP contribution in [0.5, 0.6) is 0 Å². The molecule has 90 valence electrons. The second-order valence-electron chi connectivity index (χ2n) is 6.49. The van der Waals surface area contributed by atoms with E-state index in [1.807, 2.05) is 0 Å². The molecule has 15 heavy (non-hydrogen) atoms. The van der Waals surface area contributed by atoms with Gasteiger partial charge in [0.1, 0.15) is 0 Å². The zero-order valence-electron chi connectivity index (χ0n) is 10.9. The second-order valence-corrected chi connectivity index (χ2v) is 6.49. The van der Waals surface area contributed by atoms with Crippen LogP contribution in [0, 0.1) is 11.3 Å². The molecule has 0 heterocycles. The molecule has 1 saturated carbocycles. The Labute approximate surface area is 95.0 Å². The van der Waals surface area contributed by atoms with Gasteiger partial charge in [-0.25, -0.2) is 0 Å². The first-order valence-corrected chi connectivity index (χ1v) is 6.32. The third-order valence-corrected chi connectivity index (χ3v) is 3.76. The zero-order chi connectivity index (χ0) is 11.5. The van der Waals surface area contributed by atoms with Crippen LogP contribution in [0.15, 0.2) is 0 Å². The van der Waals surface area contributed by atoms with Crippen LogP contribution in [0.25, 0.3) is 0 Å². The van der Waals surface area contributed by atoms with Gasteiger partial charge in [0.2, 0.25) is 0 Å². The molecule has 1 aliphatic rings. The lowest BCUT2D eigenvalue weighted by Gasteiger charge is -2.40. The minimum absolute atomic E-state index is 0.214. The fourth-order valence-electron chi connectivity index (χ4n) is 2.28. The highest BCUT2D eigenvalue weighted by molar-refractivity contribution is 4.89. The van der Waals surface area contributed by atoms with Crippen LogP contribution in [-0.2, 0) is 0 Å². The minimum atomic E-state index is 0.214. The van der Waals surface area contributed by atoms with Gasteiger partial charge in [-0.1, -0.05) is 19.8 Å². The van der Waals surface area contributed by atoms with Crippen molar-refractivity contribution in [3.63, 3.8) is 0 Å². The van der Waals surface area contributed by atoms with Gasteiger partial charge in [-0.15, -0.1) is 0 Å². The van der Waals surface area contributed by atoms with Crippen molar-refractivity contribution in [3.05, 3.63) is 0 Å². The van der Waals surface area contributed by atoms with E-state index in [4.69, 9.17) is 5.73 Å². The molecule has 0 aliphatic heterocycles. The zero-order valence-corrected chi connectivity index (χ0v) is 10.9. The smallest absolute Gasteiger partial charge is 0.00967 e. The summed E-state index contributed by atoms with van der Waals surface area (Å²) in [6.45, 7) is 11.0. The summed E-state index contributed by atoms with van der Waals surface area (Å²) in [6, 6.07) is 0. The normalized spacial score (nSPS) is 33.0. The van der Waals surface area contributed by atoms with E-state index in [2.05, 4.69) is 33.0 Å². The fraction of sp³-hybridized carbons (Fsp3) is 1.00. The Morgan fingerprint density at radius 2 is 1.80 bits per heavy atom. The average Bonchev–Trinajstić information content (AvgIpc) is 2.17. The van der Waals surface area contributed by atoms with Crippen LogP contribution in [-0.4, -0.2) is 18.6 Å². The lowest BCUT2D eigenvalue weighted by Crippen LogP contribution is -2.48. The molecule has 2 nitrogen and oxygen atoms in total. The van der Waals surface area contributed by atoms with Crippen molar-refractivity contribution >= 4 is 0 Å². The standard InChI is InChI=1S/C13H28N2/c1-11-5-7-13(9-14,8-6-11)10-15-12(2,3)4/h11,15H,5-10,14H2,1-4H3. The maximum Gasteiger partial charge on any atom is 0.00967 e. The molecule has 0 amide bonds. The molecular weight excluding hydrogens is 184 g/mol. The largest absolute Gasteiger partial charge is 0.330 e. The van der Waals surface area contributed by atoms with Gasteiger partial charge in [0.05, 0.1) is 0 Å². The molecule has 3 N–H and O–H groups in total. The summed E-state index contributed by atoms with van der Waals surface area (Å²) in [6.07, 6.45) is 5.30. The van der Waals surface area contributed by atoms with Crippen LogP contribution in [0.2, 0.25) is 0 Å². The van der Waals surface area contributed by atoms with Crippen LogP contribution in [0.3, 0.4) is 0 Å². The van der Waals surface area contributed by atoms with Gasteiger partial charge < -0.3 is 11.1 Å². The van der Waals surface area contributed by atoms with Crippen LogP contribution >= 0.6 is 0 Å². The van der Waals surface area contributed by atoms with E-state index in [1.54, 1.807) is 0 Å². The summed E-state index contributed by atoms with van der Waals surface area (Å²) >= 11 is 0. The van der Waals surface area contributed by atoms with Gasteiger partial charge in [0, 0.05) is 12.1 Å². The molecule has 0 aromatic rings. The average molecular weight is 212 g/mol. The number of hydrogen-bond donors (Lipinski definition) is 2. The van der Waals surface area contributed by atoms with Gasteiger partial charge in [-0.3, -0.25) is 0 Å². The third kappa shape index (κ3) is 4.12. The molecule has 1 aliphatic carbocycles. The highest BCUT2D eigenvalue weighted by Gasteiger charge is 2.33. The summed E-state index contributed by atoms with van der Waals surface area (Å²) in [7, 11) is 0. The Bertz CT molecular complexity index is 185. The van der Waals surface area contributed by atoms with Crippen molar-refractivity contribution in [2.24, 2.45) is 17.1 Å². The summed E-state index contributed by atoms with van der Waals surface area (Å²) in [5.74, 6) is 0.902. The van der Waals surface area contributed by atoms with Crippen molar-refractivity contribution in [1.29, 1.82) is 0 Å². The molecule has 1 fully saturated rings. The molecule has 0 atom stereocenters.